The maximum atomic E-state index is 9.97. The summed E-state index contributed by atoms with van der Waals surface area (Å²) in [4.78, 5) is 4.53. The highest BCUT2D eigenvalue weighted by molar-refractivity contribution is 5.03. The summed E-state index contributed by atoms with van der Waals surface area (Å²) in [7, 11) is 0. The van der Waals surface area contributed by atoms with E-state index in [1.54, 1.807) is 0 Å². The van der Waals surface area contributed by atoms with Gasteiger partial charge >= 0.3 is 0 Å². The van der Waals surface area contributed by atoms with Gasteiger partial charge in [0.05, 0.1) is 12.0 Å². The minimum absolute atomic E-state index is 0.0754. The van der Waals surface area contributed by atoms with Gasteiger partial charge in [-0.15, -0.1) is 0 Å². The first kappa shape index (κ1) is 11.2. The first-order chi connectivity index (χ1) is 8.34. The fourth-order valence-corrected chi connectivity index (χ4v) is 3.15. The molecule has 2 aliphatic carbocycles. The van der Waals surface area contributed by atoms with Gasteiger partial charge < -0.3 is 9.63 Å². The highest BCUT2D eigenvalue weighted by Crippen LogP contribution is 2.35. The Kier molecular flexibility index (Phi) is 3.14. The quantitative estimate of drug-likeness (QED) is 0.857. The second-order valence-electron chi connectivity index (χ2n) is 5.43. The molecule has 0 bridgehead atoms. The van der Waals surface area contributed by atoms with Gasteiger partial charge in [-0.05, 0) is 25.7 Å². The van der Waals surface area contributed by atoms with E-state index in [9.17, 15) is 5.11 Å². The van der Waals surface area contributed by atoms with Gasteiger partial charge in [0.25, 0.3) is 0 Å². The molecule has 1 aromatic rings. The molecule has 0 aliphatic heterocycles. The van der Waals surface area contributed by atoms with E-state index in [-0.39, 0.29) is 12.0 Å². The highest BCUT2D eigenvalue weighted by atomic mass is 16.5. The summed E-state index contributed by atoms with van der Waals surface area (Å²) in [6.07, 6.45) is 8.75. The summed E-state index contributed by atoms with van der Waals surface area (Å²) in [6.45, 7) is 0. The zero-order chi connectivity index (χ0) is 11.7. The normalized spacial score (nSPS) is 30.9. The molecule has 2 unspecified atom stereocenters. The molecule has 0 saturated heterocycles. The molecule has 2 aliphatic rings. The maximum Gasteiger partial charge on any atom is 0.232 e. The van der Waals surface area contributed by atoms with Crippen LogP contribution in [0.15, 0.2) is 4.52 Å². The summed E-state index contributed by atoms with van der Waals surface area (Å²) >= 11 is 0. The molecule has 2 saturated carbocycles. The Labute approximate surface area is 101 Å². The van der Waals surface area contributed by atoms with Crippen LogP contribution in [0.25, 0.3) is 0 Å². The smallest absolute Gasteiger partial charge is 0.232 e. The van der Waals surface area contributed by atoms with Crippen molar-refractivity contribution in [3.05, 3.63) is 11.7 Å². The molecule has 17 heavy (non-hydrogen) atoms. The van der Waals surface area contributed by atoms with Crippen molar-refractivity contribution in [2.75, 3.05) is 0 Å². The molecule has 0 spiro atoms. The molecule has 2 fully saturated rings. The van der Waals surface area contributed by atoms with Crippen LogP contribution in [0.5, 0.6) is 0 Å². The molecule has 94 valence electrons. The van der Waals surface area contributed by atoms with Crippen LogP contribution in [0.1, 0.15) is 74.9 Å². The summed E-state index contributed by atoms with van der Waals surface area (Å²) in [6, 6.07) is 0. The third-order valence-corrected chi connectivity index (χ3v) is 4.22. The number of hydrogen-bond acceptors (Lipinski definition) is 4. The van der Waals surface area contributed by atoms with Gasteiger partial charge in [-0.1, -0.05) is 30.8 Å². The van der Waals surface area contributed by atoms with E-state index >= 15 is 0 Å². The van der Waals surface area contributed by atoms with Gasteiger partial charge in [0, 0.05) is 5.92 Å². The van der Waals surface area contributed by atoms with Crippen molar-refractivity contribution in [3.63, 3.8) is 0 Å². The van der Waals surface area contributed by atoms with Crippen molar-refractivity contribution in [3.8, 4) is 0 Å². The average molecular weight is 236 g/mol. The predicted octanol–water partition coefficient (Wildman–Crippen LogP) is 2.75. The van der Waals surface area contributed by atoms with Gasteiger partial charge in [0.1, 0.15) is 0 Å². The van der Waals surface area contributed by atoms with Crippen molar-refractivity contribution in [1.82, 2.24) is 10.1 Å². The van der Waals surface area contributed by atoms with Gasteiger partial charge in [-0.25, -0.2) is 0 Å². The average Bonchev–Trinajstić information content (AvgIpc) is 3.00. The minimum Gasteiger partial charge on any atom is -0.392 e. The predicted molar refractivity (Wildman–Crippen MR) is 62.7 cm³/mol. The van der Waals surface area contributed by atoms with E-state index in [1.165, 1.54) is 25.7 Å². The molecule has 4 nitrogen and oxygen atoms in total. The number of aromatic nitrogens is 2. The second kappa shape index (κ2) is 4.77. The molecular formula is C13H20N2O2. The fraction of sp³-hybridized carbons (Fsp3) is 0.846. The van der Waals surface area contributed by atoms with Crippen LogP contribution in [-0.4, -0.2) is 21.4 Å². The van der Waals surface area contributed by atoms with Crippen LogP contribution >= 0.6 is 0 Å². The van der Waals surface area contributed by atoms with Crippen LogP contribution in [0.4, 0.5) is 0 Å². The molecule has 4 heteroatoms. The summed E-state index contributed by atoms with van der Waals surface area (Å²) in [5.41, 5.74) is 0. The lowest BCUT2D eigenvalue weighted by Gasteiger charge is -2.24. The molecular weight excluding hydrogens is 216 g/mol. The Morgan fingerprint density at radius 1 is 1.00 bits per heavy atom. The number of hydrogen-bond donors (Lipinski definition) is 1. The Hall–Kier alpha value is -0.900. The van der Waals surface area contributed by atoms with Gasteiger partial charge in [-0.2, -0.15) is 4.98 Å². The molecule has 0 aromatic carbocycles. The maximum absolute atomic E-state index is 9.97. The second-order valence-corrected chi connectivity index (χ2v) is 5.43. The molecule has 1 N–H and O–H groups in total. The van der Waals surface area contributed by atoms with Crippen LogP contribution in [0, 0.1) is 0 Å². The number of aliphatic hydroxyl groups is 1. The summed E-state index contributed by atoms with van der Waals surface area (Å²) in [5, 5.41) is 14.1. The molecule has 2 atom stereocenters. The number of nitrogens with zero attached hydrogens (tertiary/aromatic N) is 2. The highest BCUT2D eigenvalue weighted by Gasteiger charge is 2.31. The van der Waals surface area contributed by atoms with E-state index in [0.29, 0.717) is 11.8 Å². The van der Waals surface area contributed by atoms with E-state index in [2.05, 4.69) is 10.1 Å². The largest absolute Gasteiger partial charge is 0.392 e. The van der Waals surface area contributed by atoms with E-state index < -0.39 is 0 Å². The van der Waals surface area contributed by atoms with Gasteiger partial charge in [0.2, 0.25) is 5.89 Å². The summed E-state index contributed by atoms with van der Waals surface area (Å²) < 4.78 is 5.37. The van der Waals surface area contributed by atoms with Gasteiger partial charge in [0.15, 0.2) is 5.82 Å². The van der Waals surface area contributed by atoms with E-state index in [0.717, 1.165) is 31.5 Å². The third kappa shape index (κ3) is 2.23. The fourth-order valence-electron chi connectivity index (χ4n) is 3.15. The van der Waals surface area contributed by atoms with Crippen molar-refractivity contribution in [2.24, 2.45) is 0 Å². The van der Waals surface area contributed by atoms with Crippen LogP contribution in [0.3, 0.4) is 0 Å². The Bertz CT molecular complexity index is 371. The lowest BCUT2D eigenvalue weighted by atomic mass is 9.86. The zero-order valence-electron chi connectivity index (χ0n) is 10.1. The Morgan fingerprint density at radius 3 is 2.47 bits per heavy atom. The first-order valence-corrected chi connectivity index (χ1v) is 6.86. The van der Waals surface area contributed by atoms with Crippen molar-refractivity contribution in [2.45, 2.75) is 69.3 Å². The zero-order valence-corrected chi connectivity index (χ0v) is 10.1. The Morgan fingerprint density at radius 2 is 1.71 bits per heavy atom. The van der Waals surface area contributed by atoms with E-state index in [4.69, 9.17) is 4.52 Å². The molecule has 3 rings (SSSR count). The number of aliphatic hydroxyl groups excluding tert-OH is 1. The molecule has 0 amide bonds. The summed E-state index contributed by atoms with van der Waals surface area (Å²) in [5.74, 6) is 2.11. The molecule has 1 aromatic heterocycles. The standard InChI is InChI=1S/C13H20N2O2/c16-11-8-4-3-7-10(11)13-14-12(15-17-13)9-5-1-2-6-9/h9-11,16H,1-8H2. The van der Waals surface area contributed by atoms with Crippen molar-refractivity contribution < 1.29 is 9.63 Å². The van der Waals surface area contributed by atoms with Crippen molar-refractivity contribution in [1.29, 1.82) is 0 Å². The molecule has 0 radical (unpaired) electrons. The van der Waals surface area contributed by atoms with Crippen LogP contribution in [0.2, 0.25) is 0 Å². The van der Waals surface area contributed by atoms with Crippen LogP contribution in [-0.2, 0) is 0 Å². The minimum atomic E-state index is -0.291. The van der Waals surface area contributed by atoms with Gasteiger partial charge in [-0.3, -0.25) is 0 Å². The van der Waals surface area contributed by atoms with Crippen molar-refractivity contribution >= 4 is 0 Å². The number of rotatable bonds is 2. The third-order valence-electron chi connectivity index (χ3n) is 4.22. The first-order valence-electron chi connectivity index (χ1n) is 6.86. The lowest BCUT2D eigenvalue weighted by molar-refractivity contribution is 0.0908. The topological polar surface area (TPSA) is 59.2 Å². The lowest BCUT2D eigenvalue weighted by Crippen LogP contribution is -2.22. The monoisotopic (exact) mass is 236 g/mol. The van der Waals surface area contributed by atoms with E-state index in [1.807, 2.05) is 0 Å². The SMILES string of the molecule is OC1CCCCC1c1nc(C2CCCC2)no1. The molecule has 1 heterocycles. The Balaban J connectivity index is 1.74. The van der Waals surface area contributed by atoms with Crippen LogP contribution < -0.4 is 0 Å².